The maximum absolute atomic E-state index is 13.3. The molecule has 1 fully saturated rings. The number of carbonyl (C=O) groups excluding carboxylic acids is 1. The molecular formula is C22H24N4O2. The lowest BCUT2D eigenvalue weighted by molar-refractivity contribution is -0.128. The Morgan fingerprint density at radius 2 is 1.71 bits per heavy atom. The molecule has 3 atom stereocenters. The third kappa shape index (κ3) is 4.03. The Bertz CT molecular complexity index is 953. The minimum absolute atomic E-state index is 0.0595. The number of nitrogens with one attached hydrogen (secondary N) is 1. The van der Waals surface area contributed by atoms with Crippen LogP contribution in [0.25, 0.3) is 11.0 Å². The molecule has 2 heterocycles. The molecule has 0 spiro atoms. The molecule has 3 aromatic rings. The number of nitrogens with zero attached hydrogens (tertiary/aromatic N) is 3. The zero-order valence-corrected chi connectivity index (χ0v) is 16.1. The van der Waals surface area contributed by atoms with Gasteiger partial charge in [-0.05, 0) is 37.6 Å². The summed E-state index contributed by atoms with van der Waals surface area (Å²) in [4.78, 5) is 24.1. The number of benzene rings is 2. The summed E-state index contributed by atoms with van der Waals surface area (Å²) in [5, 5.41) is 3.07. The lowest BCUT2D eigenvalue weighted by Gasteiger charge is -2.39. The number of amides is 1. The normalized spacial score (nSPS) is 21.4. The highest BCUT2D eigenvalue weighted by Crippen LogP contribution is 2.27. The van der Waals surface area contributed by atoms with Gasteiger partial charge >= 0.3 is 0 Å². The molecule has 144 valence electrons. The van der Waals surface area contributed by atoms with Crippen molar-refractivity contribution in [2.45, 2.75) is 32.1 Å². The predicted octanol–water partition coefficient (Wildman–Crippen LogP) is 3.42. The number of rotatable bonds is 4. The van der Waals surface area contributed by atoms with Crippen molar-refractivity contribution in [2.75, 3.05) is 18.4 Å². The molecule has 0 bridgehead atoms. The zero-order chi connectivity index (χ0) is 19.5. The SMILES string of the molecule is CC1CN(C(C(=O)Nc2ccc3nccnc3c2)c2ccccc2)CC(C)O1. The van der Waals surface area contributed by atoms with Gasteiger partial charge < -0.3 is 10.1 Å². The molecule has 0 saturated carbocycles. The summed E-state index contributed by atoms with van der Waals surface area (Å²) in [6.45, 7) is 5.51. The van der Waals surface area contributed by atoms with Gasteiger partial charge in [-0.25, -0.2) is 0 Å². The zero-order valence-electron chi connectivity index (χ0n) is 16.1. The van der Waals surface area contributed by atoms with Gasteiger partial charge in [0, 0.05) is 31.2 Å². The smallest absolute Gasteiger partial charge is 0.246 e. The van der Waals surface area contributed by atoms with Gasteiger partial charge in [-0.1, -0.05) is 30.3 Å². The second kappa shape index (κ2) is 8.04. The number of anilines is 1. The van der Waals surface area contributed by atoms with E-state index in [0.29, 0.717) is 18.8 Å². The van der Waals surface area contributed by atoms with Crippen LogP contribution in [0.5, 0.6) is 0 Å². The van der Waals surface area contributed by atoms with Crippen LogP contribution in [0.2, 0.25) is 0 Å². The monoisotopic (exact) mass is 376 g/mol. The van der Waals surface area contributed by atoms with Crippen molar-refractivity contribution < 1.29 is 9.53 Å². The highest BCUT2D eigenvalue weighted by atomic mass is 16.5. The lowest BCUT2D eigenvalue weighted by Crippen LogP contribution is -2.49. The van der Waals surface area contributed by atoms with Crippen LogP contribution in [-0.2, 0) is 9.53 Å². The summed E-state index contributed by atoms with van der Waals surface area (Å²) in [6, 6.07) is 15.1. The van der Waals surface area contributed by atoms with Gasteiger partial charge in [-0.15, -0.1) is 0 Å². The van der Waals surface area contributed by atoms with E-state index in [1.165, 1.54) is 0 Å². The van der Waals surface area contributed by atoms with Gasteiger partial charge in [0.1, 0.15) is 6.04 Å². The number of ether oxygens (including phenoxy) is 1. The number of hydrogen-bond donors (Lipinski definition) is 1. The van der Waals surface area contributed by atoms with Gasteiger partial charge in [0.2, 0.25) is 5.91 Å². The van der Waals surface area contributed by atoms with Crippen molar-refractivity contribution in [3.63, 3.8) is 0 Å². The molecule has 1 aromatic heterocycles. The average Bonchev–Trinajstić information content (AvgIpc) is 2.68. The Kier molecular flexibility index (Phi) is 5.32. The molecule has 1 amide bonds. The van der Waals surface area contributed by atoms with E-state index in [0.717, 1.165) is 16.6 Å². The molecule has 3 unspecified atom stereocenters. The highest BCUT2D eigenvalue weighted by Gasteiger charge is 2.33. The van der Waals surface area contributed by atoms with Crippen LogP contribution < -0.4 is 5.32 Å². The fourth-order valence-corrected chi connectivity index (χ4v) is 3.84. The second-order valence-electron chi connectivity index (χ2n) is 7.27. The van der Waals surface area contributed by atoms with Gasteiger partial charge in [0.25, 0.3) is 0 Å². The Balaban J connectivity index is 1.62. The van der Waals surface area contributed by atoms with Crippen LogP contribution in [0.15, 0.2) is 60.9 Å². The van der Waals surface area contributed by atoms with Crippen molar-refractivity contribution >= 4 is 22.6 Å². The molecule has 28 heavy (non-hydrogen) atoms. The van der Waals surface area contributed by atoms with Crippen molar-refractivity contribution in [3.8, 4) is 0 Å². The van der Waals surface area contributed by atoms with Crippen LogP contribution in [-0.4, -0.2) is 46.1 Å². The van der Waals surface area contributed by atoms with Crippen molar-refractivity contribution in [1.29, 1.82) is 0 Å². The molecule has 0 radical (unpaired) electrons. The Labute approximate surface area is 164 Å². The first-order valence-corrected chi connectivity index (χ1v) is 9.56. The number of morpholine rings is 1. The molecule has 6 heteroatoms. The number of aromatic nitrogens is 2. The Hall–Kier alpha value is -2.83. The third-order valence-electron chi connectivity index (χ3n) is 4.91. The molecule has 6 nitrogen and oxygen atoms in total. The molecule has 4 rings (SSSR count). The molecule has 0 aliphatic carbocycles. The molecule has 1 N–H and O–H groups in total. The van der Waals surface area contributed by atoms with Crippen molar-refractivity contribution in [2.24, 2.45) is 0 Å². The van der Waals surface area contributed by atoms with E-state index in [9.17, 15) is 4.79 Å². The Morgan fingerprint density at radius 3 is 2.43 bits per heavy atom. The first kappa shape index (κ1) is 18.5. The van der Waals surface area contributed by atoms with Gasteiger partial charge in [0.05, 0.1) is 23.2 Å². The second-order valence-corrected chi connectivity index (χ2v) is 7.27. The Morgan fingerprint density at radius 1 is 1.04 bits per heavy atom. The van der Waals surface area contributed by atoms with E-state index < -0.39 is 0 Å². The van der Waals surface area contributed by atoms with Gasteiger partial charge in [0.15, 0.2) is 0 Å². The van der Waals surface area contributed by atoms with Crippen LogP contribution in [0.1, 0.15) is 25.5 Å². The molecule has 1 saturated heterocycles. The summed E-state index contributed by atoms with van der Waals surface area (Å²) in [5.41, 5.74) is 3.25. The summed E-state index contributed by atoms with van der Waals surface area (Å²) in [5.74, 6) is -0.0595. The van der Waals surface area contributed by atoms with Crippen molar-refractivity contribution in [1.82, 2.24) is 14.9 Å². The van der Waals surface area contributed by atoms with Gasteiger partial charge in [-0.2, -0.15) is 0 Å². The lowest BCUT2D eigenvalue weighted by atomic mass is 10.0. The summed E-state index contributed by atoms with van der Waals surface area (Å²) >= 11 is 0. The molecule has 1 aliphatic heterocycles. The van der Waals surface area contributed by atoms with Crippen LogP contribution in [0, 0.1) is 0 Å². The van der Waals surface area contributed by atoms with E-state index in [1.807, 2.05) is 62.4 Å². The van der Waals surface area contributed by atoms with E-state index in [2.05, 4.69) is 20.2 Å². The summed E-state index contributed by atoms with van der Waals surface area (Å²) < 4.78 is 5.86. The first-order valence-electron chi connectivity index (χ1n) is 9.56. The highest BCUT2D eigenvalue weighted by molar-refractivity contribution is 5.97. The first-order chi connectivity index (χ1) is 13.6. The largest absolute Gasteiger partial charge is 0.373 e. The number of fused-ring (bicyclic) bond motifs is 1. The van der Waals surface area contributed by atoms with Crippen LogP contribution in [0.4, 0.5) is 5.69 Å². The molecule has 2 aromatic carbocycles. The maximum atomic E-state index is 13.3. The van der Waals surface area contributed by atoms with E-state index >= 15 is 0 Å². The molecule has 1 aliphatic rings. The molecular weight excluding hydrogens is 352 g/mol. The van der Waals surface area contributed by atoms with Crippen molar-refractivity contribution in [3.05, 3.63) is 66.5 Å². The summed E-state index contributed by atoms with van der Waals surface area (Å²) in [7, 11) is 0. The number of carbonyl (C=O) groups is 1. The standard InChI is InChI=1S/C22H24N4O2/c1-15-13-26(14-16(2)28-15)21(17-6-4-3-5-7-17)22(27)25-18-8-9-19-20(12-18)24-11-10-23-19/h3-12,15-16,21H,13-14H2,1-2H3,(H,25,27). The quantitative estimate of drug-likeness (QED) is 0.756. The van der Waals surface area contributed by atoms with Crippen LogP contribution in [0.3, 0.4) is 0 Å². The van der Waals surface area contributed by atoms with E-state index in [1.54, 1.807) is 12.4 Å². The number of hydrogen-bond acceptors (Lipinski definition) is 5. The van der Waals surface area contributed by atoms with E-state index in [4.69, 9.17) is 4.74 Å². The van der Waals surface area contributed by atoms with Crippen LogP contribution >= 0.6 is 0 Å². The third-order valence-corrected chi connectivity index (χ3v) is 4.91. The summed E-state index contributed by atoms with van der Waals surface area (Å²) in [6.07, 6.45) is 3.47. The topological polar surface area (TPSA) is 67.4 Å². The minimum atomic E-state index is -0.382. The van der Waals surface area contributed by atoms with Gasteiger partial charge in [-0.3, -0.25) is 19.7 Å². The van der Waals surface area contributed by atoms with E-state index in [-0.39, 0.29) is 24.2 Å². The minimum Gasteiger partial charge on any atom is -0.373 e. The predicted molar refractivity (Wildman–Crippen MR) is 109 cm³/mol. The fourth-order valence-electron chi connectivity index (χ4n) is 3.84. The average molecular weight is 376 g/mol. The maximum Gasteiger partial charge on any atom is 0.246 e. The fraction of sp³-hybridized carbons (Fsp3) is 0.318.